The van der Waals surface area contributed by atoms with Gasteiger partial charge in [0.15, 0.2) is 11.5 Å². The second kappa shape index (κ2) is 5.64. The molecular weight excluding hydrogens is 338 g/mol. The van der Waals surface area contributed by atoms with Crippen molar-refractivity contribution in [1.29, 1.82) is 0 Å². The smallest absolute Gasteiger partial charge is 0.165 e. The van der Waals surface area contributed by atoms with E-state index in [2.05, 4.69) is 11.0 Å². The van der Waals surface area contributed by atoms with Gasteiger partial charge in [0.05, 0.1) is 0 Å². The molecule has 146 valence electrons. The first-order chi connectivity index (χ1) is 13.2. The van der Waals surface area contributed by atoms with Gasteiger partial charge in [-0.15, -0.1) is 0 Å². The molecule has 0 radical (unpaired) electrons. The number of phenols is 1. The molecule has 4 aliphatic carbocycles. The van der Waals surface area contributed by atoms with Crippen LogP contribution in [0.15, 0.2) is 18.2 Å². The third-order valence-electron chi connectivity index (χ3n) is 8.87. The van der Waals surface area contributed by atoms with Gasteiger partial charge in [-0.05, 0) is 80.7 Å². The molecule has 2 aliphatic heterocycles. The molecule has 4 heteroatoms. The summed E-state index contributed by atoms with van der Waals surface area (Å²) in [6, 6.07) is 6.00. The van der Waals surface area contributed by atoms with Crippen LogP contribution >= 0.6 is 0 Å². The van der Waals surface area contributed by atoms with Crippen molar-refractivity contribution >= 4 is 0 Å². The Morgan fingerprint density at radius 1 is 1.19 bits per heavy atom. The standard InChI is InChI=1S/C23H31NO3/c25-11-7-17-12-16-6-8-22(17)14-24(13-15-4-5-15)10-9-23(22)18-2-1-3-19(26)20(18)27-21(16)23/h1-3,15-17,21,25-26H,4-14H2. The number of fused-ring (bicyclic) bond motifs is 3. The Hall–Kier alpha value is -1.26. The van der Waals surface area contributed by atoms with E-state index in [0.717, 1.165) is 37.6 Å². The molecule has 1 aromatic carbocycles. The molecule has 0 amide bonds. The van der Waals surface area contributed by atoms with E-state index in [9.17, 15) is 10.2 Å². The Bertz CT molecular complexity index is 762. The van der Waals surface area contributed by atoms with Crippen LogP contribution in [0.1, 0.15) is 50.5 Å². The van der Waals surface area contributed by atoms with E-state index in [0.29, 0.717) is 17.6 Å². The van der Waals surface area contributed by atoms with E-state index in [-0.39, 0.29) is 23.5 Å². The zero-order chi connectivity index (χ0) is 18.2. The number of aliphatic hydroxyl groups excluding tert-OH is 1. The van der Waals surface area contributed by atoms with Gasteiger partial charge in [-0.2, -0.15) is 0 Å². The highest BCUT2D eigenvalue weighted by Crippen LogP contribution is 2.72. The second-order valence-corrected chi connectivity index (χ2v) is 9.99. The number of ether oxygens (including phenoxy) is 1. The first kappa shape index (κ1) is 16.7. The van der Waals surface area contributed by atoms with E-state index >= 15 is 0 Å². The highest BCUT2D eigenvalue weighted by atomic mass is 16.5. The zero-order valence-electron chi connectivity index (χ0n) is 16.1. The first-order valence-electron chi connectivity index (χ1n) is 11.0. The molecule has 2 heterocycles. The van der Waals surface area contributed by atoms with Crippen molar-refractivity contribution in [3.05, 3.63) is 23.8 Å². The van der Waals surface area contributed by atoms with Crippen molar-refractivity contribution in [2.45, 2.75) is 56.5 Å². The molecule has 27 heavy (non-hydrogen) atoms. The summed E-state index contributed by atoms with van der Waals surface area (Å²) >= 11 is 0. The van der Waals surface area contributed by atoms with Crippen LogP contribution < -0.4 is 4.74 Å². The minimum Gasteiger partial charge on any atom is -0.504 e. The van der Waals surface area contributed by atoms with E-state index in [1.54, 1.807) is 6.07 Å². The van der Waals surface area contributed by atoms with E-state index < -0.39 is 0 Å². The number of rotatable bonds is 4. The van der Waals surface area contributed by atoms with Gasteiger partial charge >= 0.3 is 0 Å². The first-order valence-corrected chi connectivity index (χ1v) is 11.0. The van der Waals surface area contributed by atoms with Gasteiger partial charge in [0.1, 0.15) is 6.10 Å². The van der Waals surface area contributed by atoms with Crippen LogP contribution in [0.3, 0.4) is 0 Å². The molecule has 5 atom stereocenters. The van der Waals surface area contributed by atoms with Crippen LogP contribution in [0.5, 0.6) is 11.5 Å². The minimum absolute atomic E-state index is 0.0299. The number of hydrogen-bond acceptors (Lipinski definition) is 4. The lowest BCUT2D eigenvalue weighted by molar-refractivity contribution is -0.181. The number of likely N-dealkylation sites (tertiary alicyclic amines) is 1. The largest absolute Gasteiger partial charge is 0.504 e. The predicted molar refractivity (Wildman–Crippen MR) is 103 cm³/mol. The van der Waals surface area contributed by atoms with Gasteiger partial charge in [-0.25, -0.2) is 0 Å². The molecule has 5 unspecified atom stereocenters. The maximum Gasteiger partial charge on any atom is 0.165 e. The van der Waals surface area contributed by atoms with Crippen LogP contribution in [0.2, 0.25) is 0 Å². The topological polar surface area (TPSA) is 52.9 Å². The van der Waals surface area contributed by atoms with Gasteiger partial charge < -0.3 is 19.8 Å². The van der Waals surface area contributed by atoms with Crippen molar-refractivity contribution in [2.75, 3.05) is 26.2 Å². The number of benzene rings is 1. The van der Waals surface area contributed by atoms with Crippen LogP contribution in [0.25, 0.3) is 0 Å². The maximum atomic E-state index is 10.5. The number of para-hydroxylation sites is 1. The maximum absolute atomic E-state index is 10.5. The summed E-state index contributed by atoms with van der Waals surface area (Å²) < 4.78 is 6.55. The molecule has 4 saturated carbocycles. The SMILES string of the molecule is OCCC1CC2CCC13CN(CC1CC1)CCC31c3cccc(O)c3OC21. The summed E-state index contributed by atoms with van der Waals surface area (Å²) in [7, 11) is 0. The number of phenolic OH excluding ortho intramolecular Hbond substituents is 1. The highest BCUT2D eigenvalue weighted by Gasteiger charge is 2.72. The monoisotopic (exact) mass is 369 g/mol. The lowest BCUT2D eigenvalue weighted by Crippen LogP contribution is -2.71. The Morgan fingerprint density at radius 3 is 2.89 bits per heavy atom. The van der Waals surface area contributed by atoms with Crippen LogP contribution in [0, 0.1) is 23.2 Å². The molecule has 4 nitrogen and oxygen atoms in total. The number of aromatic hydroxyl groups is 1. The van der Waals surface area contributed by atoms with Gasteiger partial charge in [-0.3, -0.25) is 0 Å². The second-order valence-electron chi connectivity index (χ2n) is 9.99. The molecular formula is C23H31NO3. The highest BCUT2D eigenvalue weighted by molar-refractivity contribution is 5.56. The van der Waals surface area contributed by atoms with Crippen molar-refractivity contribution < 1.29 is 14.9 Å². The quantitative estimate of drug-likeness (QED) is 0.855. The Labute approximate surface area is 161 Å². The minimum atomic E-state index is 0.0299. The fourth-order valence-electron chi connectivity index (χ4n) is 7.71. The van der Waals surface area contributed by atoms with Crippen molar-refractivity contribution in [3.8, 4) is 11.5 Å². The lowest BCUT2D eigenvalue weighted by atomic mass is 9.39. The average Bonchev–Trinajstić information content (AvgIpc) is 3.41. The fraction of sp³-hybridized carbons (Fsp3) is 0.739. The molecule has 0 aromatic heterocycles. The molecule has 2 bridgehead atoms. The van der Waals surface area contributed by atoms with Crippen molar-refractivity contribution in [1.82, 2.24) is 4.90 Å². The van der Waals surface area contributed by atoms with Gasteiger partial charge in [0, 0.05) is 30.7 Å². The van der Waals surface area contributed by atoms with Crippen LogP contribution in [-0.4, -0.2) is 47.5 Å². The number of piperidine rings is 1. The molecule has 2 spiro atoms. The molecule has 5 fully saturated rings. The summed E-state index contributed by atoms with van der Waals surface area (Å²) in [5.74, 6) is 3.12. The Kier molecular flexibility index (Phi) is 3.48. The molecule has 1 saturated heterocycles. The Balaban J connectivity index is 1.49. The third-order valence-corrected chi connectivity index (χ3v) is 8.87. The summed E-state index contributed by atoms with van der Waals surface area (Å²) in [6.07, 6.45) is 8.74. The summed E-state index contributed by atoms with van der Waals surface area (Å²) in [5, 5.41) is 20.4. The molecule has 7 rings (SSSR count). The normalized spacial score (nSPS) is 42.3. The Morgan fingerprint density at radius 2 is 2.07 bits per heavy atom. The summed E-state index contributed by atoms with van der Waals surface area (Å²) in [6.45, 7) is 3.84. The molecule has 1 aromatic rings. The van der Waals surface area contributed by atoms with E-state index in [4.69, 9.17) is 4.74 Å². The lowest BCUT2D eigenvalue weighted by Gasteiger charge is -2.68. The number of hydrogen-bond donors (Lipinski definition) is 2. The third kappa shape index (κ3) is 2.06. The summed E-state index contributed by atoms with van der Waals surface area (Å²) in [5.41, 5.74) is 1.48. The van der Waals surface area contributed by atoms with E-state index in [1.807, 2.05) is 6.07 Å². The predicted octanol–water partition coefficient (Wildman–Crippen LogP) is 3.31. The zero-order valence-corrected chi connectivity index (χ0v) is 16.1. The van der Waals surface area contributed by atoms with Crippen molar-refractivity contribution in [3.63, 3.8) is 0 Å². The van der Waals surface area contributed by atoms with E-state index in [1.165, 1.54) is 44.2 Å². The van der Waals surface area contributed by atoms with Gasteiger partial charge in [-0.1, -0.05) is 12.1 Å². The molecule has 6 aliphatic rings. The number of aliphatic hydroxyl groups is 1. The number of nitrogens with zero attached hydrogens (tertiary/aromatic N) is 1. The van der Waals surface area contributed by atoms with Gasteiger partial charge in [0.2, 0.25) is 0 Å². The fourth-order valence-corrected chi connectivity index (χ4v) is 7.71. The van der Waals surface area contributed by atoms with Crippen molar-refractivity contribution in [2.24, 2.45) is 23.2 Å². The summed E-state index contributed by atoms with van der Waals surface area (Å²) in [4.78, 5) is 2.73. The average molecular weight is 370 g/mol. The van der Waals surface area contributed by atoms with Gasteiger partial charge in [0.25, 0.3) is 0 Å². The van der Waals surface area contributed by atoms with Crippen LogP contribution in [-0.2, 0) is 5.41 Å². The van der Waals surface area contributed by atoms with Crippen LogP contribution in [0.4, 0.5) is 0 Å². The molecule has 2 N–H and O–H groups in total.